The largest absolute Gasteiger partial charge is 0.0843 e. The van der Waals surface area contributed by atoms with E-state index in [-0.39, 0.29) is 0 Å². The monoisotopic (exact) mass is 136 g/mol. The molecular weight excluding hydrogens is 120 g/mol. The van der Waals surface area contributed by atoms with Crippen LogP contribution in [0.15, 0.2) is 12.2 Å². The Morgan fingerprint density at radius 2 is 2.00 bits per heavy atom. The van der Waals surface area contributed by atoms with Crippen LogP contribution in [0.25, 0.3) is 0 Å². The second kappa shape index (κ2) is 1.49. The van der Waals surface area contributed by atoms with Gasteiger partial charge in [-0.1, -0.05) is 32.9 Å². The van der Waals surface area contributed by atoms with Crippen molar-refractivity contribution in [3.05, 3.63) is 12.2 Å². The molecule has 56 valence electrons. The zero-order valence-corrected chi connectivity index (χ0v) is 7.15. The quantitative estimate of drug-likeness (QED) is 0.449. The third kappa shape index (κ3) is 0.492. The minimum atomic E-state index is 0.525. The van der Waals surface area contributed by atoms with Gasteiger partial charge in [-0.3, -0.25) is 0 Å². The van der Waals surface area contributed by atoms with Crippen molar-refractivity contribution in [1.29, 1.82) is 0 Å². The maximum atomic E-state index is 2.43. The highest BCUT2D eigenvalue weighted by Crippen LogP contribution is 2.61. The molecule has 0 N–H and O–H groups in total. The summed E-state index contributed by atoms with van der Waals surface area (Å²) in [5.74, 6) is 0.873. The minimum absolute atomic E-state index is 0.525. The van der Waals surface area contributed by atoms with Gasteiger partial charge in [0.15, 0.2) is 0 Å². The maximum absolute atomic E-state index is 2.43. The van der Waals surface area contributed by atoms with Gasteiger partial charge in [0.25, 0.3) is 0 Å². The molecule has 0 aromatic heterocycles. The summed E-state index contributed by atoms with van der Waals surface area (Å²) in [6.45, 7) is 7.21. The molecule has 2 aliphatic carbocycles. The van der Waals surface area contributed by atoms with E-state index in [1.807, 2.05) is 0 Å². The van der Waals surface area contributed by atoms with Gasteiger partial charge < -0.3 is 0 Å². The first kappa shape index (κ1) is 6.45. The van der Waals surface area contributed by atoms with Crippen LogP contribution >= 0.6 is 0 Å². The molecule has 0 aliphatic heterocycles. The zero-order chi connectivity index (χ0) is 7.41. The molecule has 1 fully saturated rings. The second-order valence-corrected chi connectivity index (χ2v) is 4.64. The molecule has 0 amide bonds. The van der Waals surface area contributed by atoms with E-state index >= 15 is 0 Å². The molecule has 0 heterocycles. The van der Waals surface area contributed by atoms with Crippen LogP contribution < -0.4 is 0 Å². The first-order chi connectivity index (χ1) is 4.56. The Morgan fingerprint density at radius 3 is 2.10 bits per heavy atom. The standard InChI is InChI=1S/C10H16/c1-9(2)8-4-6-10(9,3)7-5-8/h4,6,8H,5,7H2,1-3H3/t8-,10+/m0/s1. The molecule has 0 saturated heterocycles. The average Bonchev–Trinajstić information content (AvgIpc) is 2.18. The smallest absolute Gasteiger partial charge is 0.00895 e. The lowest BCUT2D eigenvalue weighted by atomic mass is 9.71. The third-order valence-corrected chi connectivity index (χ3v) is 4.07. The lowest BCUT2D eigenvalue weighted by Crippen LogP contribution is -2.27. The van der Waals surface area contributed by atoms with Crippen molar-refractivity contribution in [2.75, 3.05) is 0 Å². The molecule has 0 unspecified atom stereocenters. The number of allylic oxidation sites excluding steroid dienone is 2. The van der Waals surface area contributed by atoms with Gasteiger partial charge in [-0.2, -0.15) is 0 Å². The lowest BCUT2D eigenvalue weighted by Gasteiger charge is -2.33. The molecule has 2 bridgehead atoms. The zero-order valence-electron chi connectivity index (χ0n) is 7.15. The Balaban J connectivity index is 2.45. The summed E-state index contributed by atoms with van der Waals surface area (Å²) in [6.07, 6.45) is 7.67. The molecule has 1 saturated carbocycles. The van der Waals surface area contributed by atoms with E-state index in [0.29, 0.717) is 10.8 Å². The Labute approximate surface area is 63.3 Å². The van der Waals surface area contributed by atoms with Crippen LogP contribution in [-0.4, -0.2) is 0 Å². The van der Waals surface area contributed by atoms with Crippen LogP contribution in [0.5, 0.6) is 0 Å². The van der Waals surface area contributed by atoms with Gasteiger partial charge in [0, 0.05) is 0 Å². The molecular formula is C10H16. The van der Waals surface area contributed by atoms with Gasteiger partial charge in [-0.05, 0) is 29.6 Å². The van der Waals surface area contributed by atoms with Gasteiger partial charge >= 0.3 is 0 Å². The molecule has 2 rings (SSSR count). The van der Waals surface area contributed by atoms with Crippen molar-refractivity contribution in [3.8, 4) is 0 Å². The number of hydrogen-bond donors (Lipinski definition) is 0. The second-order valence-electron chi connectivity index (χ2n) is 4.64. The SMILES string of the molecule is CC1(C)[C@H]2C=C[C@]1(C)CC2. The Hall–Kier alpha value is -0.260. The fourth-order valence-corrected chi connectivity index (χ4v) is 2.53. The topological polar surface area (TPSA) is 0 Å². The highest BCUT2D eigenvalue weighted by molar-refractivity contribution is 5.22. The summed E-state index contributed by atoms with van der Waals surface area (Å²) < 4.78 is 0. The van der Waals surface area contributed by atoms with Gasteiger partial charge in [0.2, 0.25) is 0 Å². The maximum Gasteiger partial charge on any atom is -0.00895 e. The van der Waals surface area contributed by atoms with Crippen molar-refractivity contribution >= 4 is 0 Å². The van der Waals surface area contributed by atoms with Crippen molar-refractivity contribution < 1.29 is 0 Å². The van der Waals surface area contributed by atoms with Gasteiger partial charge in [0.1, 0.15) is 0 Å². The molecule has 2 aliphatic rings. The Morgan fingerprint density at radius 1 is 1.30 bits per heavy atom. The van der Waals surface area contributed by atoms with Crippen molar-refractivity contribution in [2.45, 2.75) is 33.6 Å². The summed E-state index contributed by atoms with van der Waals surface area (Å²) in [7, 11) is 0. The summed E-state index contributed by atoms with van der Waals surface area (Å²) in [5, 5.41) is 0. The van der Waals surface area contributed by atoms with Crippen LogP contribution in [0.2, 0.25) is 0 Å². The highest BCUT2D eigenvalue weighted by Gasteiger charge is 2.52. The van der Waals surface area contributed by atoms with E-state index in [1.54, 1.807) is 0 Å². The molecule has 0 spiro atoms. The Kier molecular flexibility index (Phi) is 0.962. The third-order valence-electron chi connectivity index (χ3n) is 4.07. The molecule has 10 heavy (non-hydrogen) atoms. The van der Waals surface area contributed by atoms with E-state index < -0.39 is 0 Å². The van der Waals surface area contributed by atoms with Crippen molar-refractivity contribution in [1.82, 2.24) is 0 Å². The summed E-state index contributed by atoms with van der Waals surface area (Å²) in [6, 6.07) is 0. The molecule has 0 aromatic rings. The fourth-order valence-electron chi connectivity index (χ4n) is 2.53. The predicted octanol–water partition coefficient (Wildman–Crippen LogP) is 3.00. The number of rotatable bonds is 0. The van der Waals surface area contributed by atoms with E-state index in [1.165, 1.54) is 12.8 Å². The highest BCUT2D eigenvalue weighted by atomic mass is 14.6. The average molecular weight is 136 g/mol. The van der Waals surface area contributed by atoms with Crippen LogP contribution in [0.4, 0.5) is 0 Å². The van der Waals surface area contributed by atoms with Crippen LogP contribution in [0.3, 0.4) is 0 Å². The van der Waals surface area contributed by atoms with E-state index in [4.69, 9.17) is 0 Å². The van der Waals surface area contributed by atoms with E-state index in [9.17, 15) is 0 Å². The van der Waals surface area contributed by atoms with Gasteiger partial charge in [-0.25, -0.2) is 0 Å². The van der Waals surface area contributed by atoms with Crippen molar-refractivity contribution in [2.24, 2.45) is 16.7 Å². The summed E-state index contributed by atoms with van der Waals surface area (Å²) >= 11 is 0. The van der Waals surface area contributed by atoms with Crippen LogP contribution in [0, 0.1) is 16.7 Å². The molecule has 2 atom stereocenters. The molecule has 0 heteroatoms. The molecule has 0 aromatic carbocycles. The first-order valence-corrected chi connectivity index (χ1v) is 4.26. The Bertz CT molecular complexity index is 188. The molecule has 0 radical (unpaired) electrons. The van der Waals surface area contributed by atoms with E-state index in [0.717, 1.165) is 5.92 Å². The molecule has 0 nitrogen and oxygen atoms in total. The first-order valence-electron chi connectivity index (χ1n) is 4.26. The lowest BCUT2D eigenvalue weighted by molar-refractivity contribution is 0.182. The summed E-state index contributed by atoms with van der Waals surface area (Å²) in [4.78, 5) is 0. The van der Waals surface area contributed by atoms with E-state index in [2.05, 4.69) is 32.9 Å². The normalized spacial score (nSPS) is 48.5. The van der Waals surface area contributed by atoms with Gasteiger partial charge in [-0.15, -0.1) is 0 Å². The minimum Gasteiger partial charge on any atom is -0.0843 e. The number of hydrogen-bond acceptors (Lipinski definition) is 0. The summed E-state index contributed by atoms with van der Waals surface area (Å²) in [5.41, 5.74) is 1.07. The van der Waals surface area contributed by atoms with Crippen LogP contribution in [-0.2, 0) is 0 Å². The van der Waals surface area contributed by atoms with Crippen molar-refractivity contribution in [3.63, 3.8) is 0 Å². The number of fused-ring (bicyclic) bond motifs is 2. The predicted molar refractivity (Wildman–Crippen MR) is 43.8 cm³/mol. The van der Waals surface area contributed by atoms with Crippen LogP contribution in [0.1, 0.15) is 33.6 Å². The van der Waals surface area contributed by atoms with Gasteiger partial charge in [0.05, 0.1) is 0 Å². The fraction of sp³-hybridized carbons (Fsp3) is 0.800.